The molecule has 2 fully saturated rings. The van der Waals surface area contributed by atoms with E-state index in [1.807, 2.05) is 29.8 Å². The fourth-order valence-corrected chi connectivity index (χ4v) is 3.96. The van der Waals surface area contributed by atoms with Gasteiger partial charge in [0.25, 0.3) is 5.91 Å². The third kappa shape index (κ3) is 4.71. The predicted octanol–water partition coefficient (Wildman–Crippen LogP) is 1.72. The van der Waals surface area contributed by atoms with Gasteiger partial charge in [0, 0.05) is 32.2 Å². The van der Waals surface area contributed by atoms with Crippen molar-refractivity contribution >= 4 is 47.7 Å². The number of nitrogens with zero attached hydrogens (tertiary/aromatic N) is 3. The zero-order valence-electron chi connectivity index (χ0n) is 16.1. The molecule has 4 rings (SSSR count). The predicted molar refractivity (Wildman–Crippen MR) is 116 cm³/mol. The van der Waals surface area contributed by atoms with E-state index in [4.69, 9.17) is 4.98 Å². The van der Waals surface area contributed by atoms with E-state index in [-0.39, 0.29) is 36.8 Å². The van der Waals surface area contributed by atoms with E-state index >= 15 is 0 Å². The lowest BCUT2D eigenvalue weighted by atomic mass is 9.98. The van der Waals surface area contributed by atoms with Crippen LogP contribution in [-0.2, 0) is 7.05 Å². The van der Waals surface area contributed by atoms with Crippen LogP contribution in [0.1, 0.15) is 29.6 Å². The van der Waals surface area contributed by atoms with E-state index < -0.39 is 0 Å². The molecule has 1 aromatic heterocycles. The Morgan fingerprint density at radius 3 is 2.71 bits per heavy atom. The molecular weight excluding hydrogens is 401 g/mol. The minimum Gasteiger partial charge on any atom is -0.391 e. The number of imidazole rings is 1. The summed E-state index contributed by atoms with van der Waals surface area (Å²) in [6, 6.07) is 5.69. The van der Waals surface area contributed by atoms with Gasteiger partial charge < -0.3 is 25.2 Å². The Kier molecular flexibility index (Phi) is 7.95. The summed E-state index contributed by atoms with van der Waals surface area (Å²) in [5.41, 5.74) is 2.47. The molecule has 2 aliphatic rings. The molecular formula is C19H29Cl2N5O2. The largest absolute Gasteiger partial charge is 0.391 e. The Labute approximate surface area is 177 Å². The Bertz CT molecular complexity index is 807. The lowest BCUT2D eigenvalue weighted by Crippen LogP contribution is -2.35. The van der Waals surface area contributed by atoms with Crippen LogP contribution in [0.2, 0.25) is 0 Å². The first-order chi connectivity index (χ1) is 12.6. The number of benzene rings is 1. The summed E-state index contributed by atoms with van der Waals surface area (Å²) in [7, 11) is 1.98. The normalized spacial score (nSPS) is 19.9. The first-order valence-electron chi connectivity index (χ1n) is 9.50. The second-order valence-electron chi connectivity index (χ2n) is 7.47. The van der Waals surface area contributed by atoms with Crippen molar-refractivity contribution in [1.29, 1.82) is 0 Å². The molecule has 1 aromatic carbocycles. The molecule has 0 aliphatic carbocycles. The summed E-state index contributed by atoms with van der Waals surface area (Å²) in [5, 5.41) is 16.2. The van der Waals surface area contributed by atoms with Gasteiger partial charge in [-0.3, -0.25) is 4.79 Å². The Hall–Kier alpha value is -1.54. The molecule has 0 bridgehead atoms. The van der Waals surface area contributed by atoms with Gasteiger partial charge in [-0.25, -0.2) is 4.98 Å². The van der Waals surface area contributed by atoms with Crippen LogP contribution in [0, 0.1) is 5.92 Å². The number of rotatable bonds is 4. The zero-order chi connectivity index (χ0) is 18.1. The number of hydrogen-bond donors (Lipinski definition) is 3. The van der Waals surface area contributed by atoms with Crippen molar-refractivity contribution in [2.24, 2.45) is 13.0 Å². The molecule has 28 heavy (non-hydrogen) atoms. The Morgan fingerprint density at radius 2 is 2.04 bits per heavy atom. The van der Waals surface area contributed by atoms with Crippen LogP contribution in [0.3, 0.4) is 0 Å². The number of β-amino-alcohol motifs (C(OH)–C–C–N with tert-alkyl or cyclic N) is 1. The number of piperidine rings is 1. The first kappa shape index (κ1) is 22.7. The van der Waals surface area contributed by atoms with Gasteiger partial charge in [-0.1, -0.05) is 0 Å². The average molecular weight is 430 g/mol. The van der Waals surface area contributed by atoms with Gasteiger partial charge in [-0.15, -0.1) is 24.8 Å². The summed E-state index contributed by atoms with van der Waals surface area (Å²) in [6.07, 6.45) is 2.72. The molecule has 0 unspecified atom stereocenters. The van der Waals surface area contributed by atoms with Gasteiger partial charge in [0.1, 0.15) is 0 Å². The number of aliphatic hydroxyl groups excluding tert-OH is 1. The molecule has 9 heteroatoms. The third-order valence-electron chi connectivity index (χ3n) is 5.58. The number of anilines is 1. The average Bonchev–Trinajstić information content (AvgIpc) is 3.23. The minimum atomic E-state index is -0.286. The van der Waals surface area contributed by atoms with Gasteiger partial charge in [0.05, 0.1) is 17.1 Å². The molecule has 0 radical (unpaired) electrons. The summed E-state index contributed by atoms with van der Waals surface area (Å²) in [5.74, 6) is 1.38. The molecule has 0 saturated carbocycles. The maximum absolute atomic E-state index is 12.5. The van der Waals surface area contributed by atoms with Crippen LogP contribution < -0.4 is 15.5 Å². The van der Waals surface area contributed by atoms with Crippen molar-refractivity contribution in [3.05, 3.63) is 23.8 Å². The number of carbonyl (C=O) groups is 1. The van der Waals surface area contributed by atoms with Crippen LogP contribution >= 0.6 is 24.8 Å². The monoisotopic (exact) mass is 429 g/mol. The van der Waals surface area contributed by atoms with Crippen LogP contribution in [0.25, 0.3) is 11.0 Å². The van der Waals surface area contributed by atoms with Gasteiger partial charge in [-0.2, -0.15) is 0 Å². The molecule has 7 nitrogen and oxygen atoms in total. The van der Waals surface area contributed by atoms with E-state index in [0.29, 0.717) is 18.0 Å². The molecule has 156 valence electrons. The Morgan fingerprint density at radius 1 is 1.29 bits per heavy atom. The second kappa shape index (κ2) is 9.78. The lowest BCUT2D eigenvalue weighted by Gasteiger charge is -2.22. The molecule has 1 atom stereocenters. The molecule has 3 N–H and O–H groups in total. The number of hydrogen-bond acceptors (Lipinski definition) is 5. The standard InChI is InChI=1S/C19H27N5O2.2ClH/c1-23-17-3-2-14(18(26)21-11-13-4-7-20-8-5-13)10-16(17)22-19(23)24-9-6-15(25)12-24;;/h2-3,10,13,15,20,25H,4-9,11-12H2,1H3,(H,21,26);2*1H/t15-;;/m0../s1. The summed E-state index contributed by atoms with van der Waals surface area (Å²) < 4.78 is 2.03. The quantitative estimate of drug-likeness (QED) is 0.688. The lowest BCUT2D eigenvalue weighted by molar-refractivity contribution is 0.0944. The first-order valence-corrected chi connectivity index (χ1v) is 9.50. The van der Waals surface area contributed by atoms with Crippen molar-refractivity contribution in [1.82, 2.24) is 20.2 Å². The van der Waals surface area contributed by atoms with E-state index in [1.54, 1.807) is 0 Å². The van der Waals surface area contributed by atoms with E-state index in [9.17, 15) is 9.90 Å². The molecule has 2 aliphatic heterocycles. The Balaban J connectivity index is 0.00000140. The van der Waals surface area contributed by atoms with Crippen molar-refractivity contribution in [2.75, 3.05) is 37.6 Å². The van der Waals surface area contributed by atoms with E-state index in [2.05, 4.69) is 15.5 Å². The van der Waals surface area contributed by atoms with E-state index in [1.165, 1.54) is 0 Å². The molecule has 2 saturated heterocycles. The van der Waals surface area contributed by atoms with Crippen molar-refractivity contribution in [3.63, 3.8) is 0 Å². The maximum Gasteiger partial charge on any atom is 0.251 e. The maximum atomic E-state index is 12.5. The van der Waals surface area contributed by atoms with Crippen LogP contribution in [0.5, 0.6) is 0 Å². The fourth-order valence-electron chi connectivity index (χ4n) is 3.96. The zero-order valence-corrected chi connectivity index (χ0v) is 17.7. The topological polar surface area (TPSA) is 82.4 Å². The second-order valence-corrected chi connectivity index (χ2v) is 7.47. The number of aliphatic hydroxyl groups is 1. The summed E-state index contributed by atoms with van der Waals surface area (Å²) in [4.78, 5) is 19.3. The minimum absolute atomic E-state index is 0. The van der Waals surface area contributed by atoms with Crippen LogP contribution in [-0.4, -0.2) is 59.4 Å². The highest BCUT2D eigenvalue weighted by molar-refractivity contribution is 5.97. The highest BCUT2D eigenvalue weighted by Gasteiger charge is 2.24. The van der Waals surface area contributed by atoms with Crippen LogP contribution in [0.4, 0.5) is 5.95 Å². The van der Waals surface area contributed by atoms with Gasteiger partial charge >= 0.3 is 0 Å². The molecule has 1 amide bonds. The summed E-state index contributed by atoms with van der Waals surface area (Å²) >= 11 is 0. The number of nitrogens with one attached hydrogen (secondary N) is 2. The number of aryl methyl sites for hydroxylation is 1. The van der Waals surface area contributed by atoms with E-state index in [0.717, 1.165) is 62.4 Å². The third-order valence-corrected chi connectivity index (χ3v) is 5.58. The number of aromatic nitrogens is 2. The number of fused-ring (bicyclic) bond motifs is 1. The van der Waals surface area contributed by atoms with Gasteiger partial charge in [-0.05, 0) is 56.5 Å². The highest BCUT2D eigenvalue weighted by Crippen LogP contribution is 2.25. The van der Waals surface area contributed by atoms with Crippen molar-refractivity contribution < 1.29 is 9.90 Å². The van der Waals surface area contributed by atoms with Gasteiger partial charge in [0.15, 0.2) is 0 Å². The van der Waals surface area contributed by atoms with Gasteiger partial charge in [0.2, 0.25) is 5.95 Å². The highest BCUT2D eigenvalue weighted by atomic mass is 35.5. The fraction of sp³-hybridized carbons (Fsp3) is 0.579. The number of amides is 1. The van der Waals surface area contributed by atoms with Crippen LogP contribution in [0.15, 0.2) is 18.2 Å². The molecule has 3 heterocycles. The molecule has 0 spiro atoms. The number of carbonyl (C=O) groups excluding carboxylic acids is 1. The molecule has 2 aromatic rings. The SMILES string of the molecule is Cl.Cl.Cn1c(N2CC[C@H](O)C2)nc2cc(C(=O)NCC3CCNCC3)ccc21. The smallest absolute Gasteiger partial charge is 0.251 e. The van der Waals surface area contributed by atoms with Crippen molar-refractivity contribution in [3.8, 4) is 0 Å². The summed E-state index contributed by atoms with van der Waals surface area (Å²) in [6.45, 7) is 4.23. The van der Waals surface area contributed by atoms with Crippen molar-refractivity contribution in [2.45, 2.75) is 25.4 Å². The number of halogens is 2.